The Bertz CT molecular complexity index is 473. The quantitative estimate of drug-likeness (QED) is 0.811. The summed E-state index contributed by atoms with van der Waals surface area (Å²) in [7, 11) is 0. The van der Waals surface area contributed by atoms with Crippen molar-refractivity contribution in [2.24, 2.45) is 5.92 Å². The number of carbonyl (C=O) groups excluding carboxylic acids is 1. The molecule has 2 atom stereocenters. The summed E-state index contributed by atoms with van der Waals surface area (Å²) in [5.41, 5.74) is -0.451. The van der Waals surface area contributed by atoms with Crippen molar-refractivity contribution in [3.63, 3.8) is 0 Å². The number of amides is 1. The van der Waals surface area contributed by atoms with Crippen molar-refractivity contribution >= 4 is 11.9 Å². The molecule has 0 saturated carbocycles. The van der Waals surface area contributed by atoms with Gasteiger partial charge in [-0.2, -0.15) is 0 Å². The van der Waals surface area contributed by atoms with Crippen LogP contribution in [0.25, 0.3) is 0 Å². The third kappa shape index (κ3) is 3.44. The van der Waals surface area contributed by atoms with E-state index in [1.165, 1.54) is 6.07 Å². The Labute approximate surface area is 104 Å². The van der Waals surface area contributed by atoms with Crippen molar-refractivity contribution in [1.29, 1.82) is 0 Å². The SMILES string of the molecule is CCC(C)C(NC(=O)c1ccc(=O)oc1)C(=O)O. The maximum absolute atomic E-state index is 11.8. The van der Waals surface area contributed by atoms with Crippen LogP contribution in [0.1, 0.15) is 30.6 Å². The molecule has 0 aliphatic rings. The van der Waals surface area contributed by atoms with Gasteiger partial charge >= 0.3 is 11.6 Å². The standard InChI is InChI=1S/C12H15NO5/c1-3-7(2)10(12(16)17)13-11(15)8-4-5-9(14)18-6-8/h4-7,10H,3H2,1-2H3,(H,13,15)(H,16,17). The van der Waals surface area contributed by atoms with Crippen molar-refractivity contribution in [2.45, 2.75) is 26.3 Å². The highest BCUT2D eigenvalue weighted by atomic mass is 16.4. The smallest absolute Gasteiger partial charge is 0.335 e. The normalized spacial score (nSPS) is 13.7. The van der Waals surface area contributed by atoms with Crippen LogP contribution >= 0.6 is 0 Å². The molecule has 0 aromatic carbocycles. The predicted octanol–water partition coefficient (Wildman–Crippen LogP) is 0.869. The highest BCUT2D eigenvalue weighted by Crippen LogP contribution is 2.09. The Morgan fingerprint density at radius 2 is 2.11 bits per heavy atom. The molecule has 0 bridgehead atoms. The van der Waals surface area contributed by atoms with Gasteiger partial charge in [-0.05, 0) is 12.0 Å². The van der Waals surface area contributed by atoms with E-state index in [-0.39, 0.29) is 11.5 Å². The minimum Gasteiger partial charge on any atom is -0.480 e. The summed E-state index contributed by atoms with van der Waals surface area (Å²) in [5, 5.41) is 11.4. The fourth-order valence-corrected chi connectivity index (χ4v) is 1.39. The number of hydrogen-bond donors (Lipinski definition) is 2. The lowest BCUT2D eigenvalue weighted by molar-refractivity contribution is -0.140. The van der Waals surface area contributed by atoms with Crippen molar-refractivity contribution in [1.82, 2.24) is 5.32 Å². The van der Waals surface area contributed by atoms with Crippen molar-refractivity contribution in [3.05, 3.63) is 34.4 Å². The Morgan fingerprint density at radius 3 is 2.56 bits per heavy atom. The number of aliphatic carboxylic acids is 1. The van der Waals surface area contributed by atoms with Gasteiger partial charge in [-0.1, -0.05) is 20.3 Å². The van der Waals surface area contributed by atoms with E-state index in [2.05, 4.69) is 9.73 Å². The van der Waals surface area contributed by atoms with E-state index in [0.29, 0.717) is 6.42 Å². The summed E-state index contributed by atoms with van der Waals surface area (Å²) in [6.45, 7) is 3.58. The van der Waals surface area contributed by atoms with E-state index < -0.39 is 23.5 Å². The Morgan fingerprint density at radius 1 is 1.44 bits per heavy atom. The van der Waals surface area contributed by atoms with Gasteiger partial charge in [0.2, 0.25) is 0 Å². The van der Waals surface area contributed by atoms with E-state index in [1.807, 2.05) is 6.92 Å². The molecule has 0 saturated heterocycles. The lowest BCUT2D eigenvalue weighted by Crippen LogP contribution is -2.45. The predicted molar refractivity (Wildman–Crippen MR) is 63.3 cm³/mol. The first-order chi connectivity index (χ1) is 8.45. The van der Waals surface area contributed by atoms with Gasteiger partial charge in [0.25, 0.3) is 5.91 Å². The number of carboxylic acids is 1. The van der Waals surface area contributed by atoms with Gasteiger partial charge in [0.1, 0.15) is 12.3 Å². The van der Waals surface area contributed by atoms with E-state index in [9.17, 15) is 14.4 Å². The molecule has 0 aliphatic heterocycles. The first-order valence-electron chi connectivity index (χ1n) is 5.58. The molecule has 1 aromatic heterocycles. The second kappa shape index (κ2) is 6.00. The summed E-state index contributed by atoms with van der Waals surface area (Å²) in [6, 6.07) is 1.43. The summed E-state index contributed by atoms with van der Waals surface area (Å²) in [4.78, 5) is 33.5. The average Bonchev–Trinajstić information content (AvgIpc) is 2.35. The van der Waals surface area contributed by atoms with Gasteiger partial charge < -0.3 is 14.8 Å². The van der Waals surface area contributed by atoms with Gasteiger partial charge in [0.05, 0.1) is 5.56 Å². The number of nitrogens with one attached hydrogen (secondary N) is 1. The molecule has 2 unspecified atom stereocenters. The second-order valence-electron chi connectivity index (χ2n) is 4.02. The molecule has 0 fully saturated rings. The summed E-state index contributed by atoms with van der Waals surface area (Å²) < 4.78 is 4.54. The summed E-state index contributed by atoms with van der Waals surface area (Å²) in [5.74, 6) is -1.86. The zero-order valence-electron chi connectivity index (χ0n) is 10.2. The van der Waals surface area contributed by atoms with Crippen LogP contribution in [0.3, 0.4) is 0 Å². The van der Waals surface area contributed by atoms with E-state index >= 15 is 0 Å². The number of carbonyl (C=O) groups is 2. The third-order valence-electron chi connectivity index (χ3n) is 2.73. The van der Waals surface area contributed by atoms with Crippen molar-refractivity contribution in [3.8, 4) is 0 Å². The maximum Gasteiger partial charge on any atom is 0.335 e. The molecule has 18 heavy (non-hydrogen) atoms. The topological polar surface area (TPSA) is 96.6 Å². The minimum absolute atomic E-state index is 0.115. The number of carboxylic acid groups (broad SMARTS) is 1. The number of rotatable bonds is 5. The van der Waals surface area contributed by atoms with Gasteiger partial charge in [0.15, 0.2) is 0 Å². The van der Waals surface area contributed by atoms with Crippen molar-refractivity contribution in [2.75, 3.05) is 0 Å². The van der Waals surface area contributed by atoms with Crippen LogP contribution in [-0.2, 0) is 4.79 Å². The fourth-order valence-electron chi connectivity index (χ4n) is 1.39. The average molecular weight is 253 g/mol. The molecule has 1 aromatic rings. The van der Waals surface area contributed by atoms with Crippen LogP contribution in [0.2, 0.25) is 0 Å². The van der Waals surface area contributed by atoms with E-state index in [4.69, 9.17) is 5.11 Å². The van der Waals surface area contributed by atoms with Crippen LogP contribution < -0.4 is 10.9 Å². The highest BCUT2D eigenvalue weighted by Gasteiger charge is 2.25. The Balaban J connectivity index is 2.81. The number of hydrogen-bond acceptors (Lipinski definition) is 4. The highest BCUT2D eigenvalue weighted by molar-refractivity contribution is 5.96. The van der Waals surface area contributed by atoms with Gasteiger partial charge in [-0.25, -0.2) is 9.59 Å². The van der Waals surface area contributed by atoms with Gasteiger partial charge in [-0.15, -0.1) is 0 Å². The van der Waals surface area contributed by atoms with Crippen molar-refractivity contribution < 1.29 is 19.1 Å². The molecule has 1 amide bonds. The Kier molecular flexibility index (Phi) is 4.65. The molecular weight excluding hydrogens is 238 g/mol. The van der Waals surface area contributed by atoms with Crippen LogP contribution in [0, 0.1) is 5.92 Å². The molecule has 0 spiro atoms. The van der Waals surface area contributed by atoms with Crippen LogP contribution in [0.5, 0.6) is 0 Å². The van der Waals surface area contributed by atoms with Crippen LogP contribution in [0.4, 0.5) is 0 Å². The molecule has 1 heterocycles. The maximum atomic E-state index is 11.8. The van der Waals surface area contributed by atoms with E-state index in [1.54, 1.807) is 6.92 Å². The molecule has 0 aliphatic carbocycles. The van der Waals surface area contributed by atoms with Gasteiger partial charge in [-0.3, -0.25) is 4.79 Å². The third-order valence-corrected chi connectivity index (χ3v) is 2.73. The van der Waals surface area contributed by atoms with Crippen LogP contribution in [0.15, 0.2) is 27.6 Å². The molecular formula is C12H15NO5. The molecule has 1 rings (SSSR count). The zero-order chi connectivity index (χ0) is 13.7. The molecule has 0 radical (unpaired) electrons. The Hall–Kier alpha value is -2.11. The molecule has 2 N–H and O–H groups in total. The molecule has 98 valence electrons. The first-order valence-corrected chi connectivity index (χ1v) is 5.58. The second-order valence-corrected chi connectivity index (χ2v) is 4.02. The zero-order valence-corrected chi connectivity index (χ0v) is 10.2. The lowest BCUT2D eigenvalue weighted by atomic mass is 9.99. The lowest BCUT2D eigenvalue weighted by Gasteiger charge is -2.19. The minimum atomic E-state index is -1.09. The first kappa shape index (κ1) is 14.0. The summed E-state index contributed by atoms with van der Waals surface area (Å²) in [6.07, 6.45) is 1.63. The largest absolute Gasteiger partial charge is 0.480 e. The fraction of sp³-hybridized carbons (Fsp3) is 0.417. The van der Waals surface area contributed by atoms with Gasteiger partial charge in [0, 0.05) is 6.07 Å². The molecule has 6 heteroatoms. The molecule has 6 nitrogen and oxygen atoms in total. The monoisotopic (exact) mass is 253 g/mol. The van der Waals surface area contributed by atoms with Crippen LogP contribution in [-0.4, -0.2) is 23.0 Å². The van der Waals surface area contributed by atoms with E-state index in [0.717, 1.165) is 12.3 Å². The summed E-state index contributed by atoms with van der Waals surface area (Å²) >= 11 is 0.